The number of phenolic OH excluding ortho intramolecular Hbond substituents is 1. The Kier molecular flexibility index (Phi) is 3.48. The van der Waals surface area contributed by atoms with Gasteiger partial charge in [-0.2, -0.15) is 0 Å². The van der Waals surface area contributed by atoms with Gasteiger partial charge in [0.15, 0.2) is 0 Å². The lowest BCUT2D eigenvalue weighted by molar-refractivity contribution is 0.478. The average molecular weight is 304 g/mol. The molecule has 5 N–H and O–H groups in total. The summed E-state index contributed by atoms with van der Waals surface area (Å²) in [6.45, 7) is 0. The van der Waals surface area contributed by atoms with Crippen molar-refractivity contribution in [1.82, 2.24) is 0 Å². The normalized spacial score (nSPS) is 10.6. The first-order chi connectivity index (χ1) is 8.40. The van der Waals surface area contributed by atoms with Gasteiger partial charge < -0.3 is 16.6 Å². The fraction of sp³-hybridized carbons (Fsp3) is 0. The van der Waals surface area contributed by atoms with Crippen LogP contribution in [0.4, 0.5) is 11.4 Å². The first kappa shape index (κ1) is 13.1. The number of halogens is 3. The van der Waals surface area contributed by atoms with E-state index in [0.29, 0.717) is 31.9 Å². The molecule has 0 atom stereocenters. The highest BCUT2D eigenvalue weighted by molar-refractivity contribution is 6.39. The maximum absolute atomic E-state index is 9.62. The van der Waals surface area contributed by atoms with Crippen LogP contribution in [0.5, 0.6) is 5.75 Å². The number of anilines is 2. The average Bonchev–Trinajstić information content (AvgIpc) is 2.29. The number of nitrogen functional groups attached to an aromatic ring is 2. The molecule has 0 amide bonds. The molecule has 3 nitrogen and oxygen atoms in total. The Labute approximate surface area is 119 Å². The van der Waals surface area contributed by atoms with Gasteiger partial charge in [-0.15, -0.1) is 0 Å². The van der Waals surface area contributed by atoms with Gasteiger partial charge in [0.05, 0.1) is 26.4 Å². The molecule has 0 spiro atoms. The first-order valence-corrected chi connectivity index (χ1v) is 6.06. The fourth-order valence-electron chi connectivity index (χ4n) is 1.55. The van der Waals surface area contributed by atoms with Crippen LogP contribution in [-0.4, -0.2) is 5.11 Å². The molecule has 2 aromatic rings. The van der Waals surface area contributed by atoms with Gasteiger partial charge in [-0.25, -0.2) is 0 Å². The molecule has 6 heteroatoms. The molecule has 2 aromatic carbocycles. The highest BCUT2D eigenvalue weighted by atomic mass is 35.5. The van der Waals surface area contributed by atoms with E-state index in [1.54, 1.807) is 6.07 Å². The first-order valence-electron chi connectivity index (χ1n) is 4.93. The molecule has 0 aliphatic heterocycles. The number of rotatable bonds is 1. The number of benzene rings is 2. The van der Waals surface area contributed by atoms with Crippen molar-refractivity contribution < 1.29 is 5.11 Å². The van der Waals surface area contributed by atoms with Crippen LogP contribution in [0.15, 0.2) is 24.3 Å². The molecule has 0 aromatic heterocycles. The van der Waals surface area contributed by atoms with Gasteiger partial charge >= 0.3 is 0 Å². The number of hydrogen-bond donors (Lipinski definition) is 3. The Hall–Kier alpha value is -1.29. The second-order valence-corrected chi connectivity index (χ2v) is 4.97. The molecule has 94 valence electrons. The van der Waals surface area contributed by atoms with Gasteiger partial charge in [0, 0.05) is 11.1 Å². The molecular weight excluding hydrogens is 295 g/mol. The molecule has 0 aliphatic rings. The molecular formula is C12H9Cl3N2O. The van der Waals surface area contributed by atoms with Gasteiger partial charge in [-0.1, -0.05) is 34.8 Å². The van der Waals surface area contributed by atoms with Crippen LogP contribution >= 0.6 is 34.8 Å². The second kappa shape index (κ2) is 4.76. The molecule has 0 radical (unpaired) electrons. The van der Waals surface area contributed by atoms with E-state index >= 15 is 0 Å². The minimum atomic E-state index is -0.0709. The summed E-state index contributed by atoms with van der Waals surface area (Å²) in [5.41, 5.74) is 12.9. The third-order valence-corrected chi connectivity index (χ3v) is 3.45. The number of hydrogen-bond acceptors (Lipinski definition) is 3. The molecule has 0 saturated heterocycles. The van der Waals surface area contributed by atoms with Crippen molar-refractivity contribution >= 4 is 46.2 Å². The summed E-state index contributed by atoms with van der Waals surface area (Å²) in [5.74, 6) is -0.0709. The topological polar surface area (TPSA) is 72.3 Å². The van der Waals surface area contributed by atoms with Crippen molar-refractivity contribution in [1.29, 1.82) is 0 Å². The van der Waals surface area contributed by atoms with Crippen molar-refractivity contribution in [3.63, 3.8) is 0 Å². The third-order valence-electron chi connectivity index (χ3n) is 2.49. The second-order valence-electron chi connectivity index (χ2n) is 3.74. The summed E-state index contributed by atoms with van der Waals surface area (Å²) in [7, 11) is 0. The van der Waals surface area contributed by atoms with Crippen LogP contribution in [-0.2, 0) is 0 Å². The van der Waals surface area contributed by atoms with Crippen LogP contribution in [0.25, 0.3) is 11.1 Å². The van der Waals surface area contributed by atoms with E-state index in [9.17, 15) is 5.11 Å². The van der Waals surface area contributed by atoms with E-state index in [1.807, 2.05) is 0 Å². The smallest absolute Gasteiger partial charge is 0.139 e. The Balaban J connectivity index is 2.69. The van der Waals surface area contributed by atoms with Crippen molar-refractivity contribution in [2.45, 2.75) is 0 Å². The van der Waals surface area contributed by atoms with E-state index in [4.69, 9.17) is 46.3 Å². The van der Waals surface area contributed by atoms with Gasteiger partial charge in [0.25, 0.3) is 0 Å². The lowest BCUT2D eigenvalue weighted by Crippen LogP contribution is -1.91. The molecule has 0 bridgehead atoms. The van der Waals surface area contributed by atoms with Crippen molar-refractivity contribution in [3.8, 4) is 16.9 Å². The SMILES string of the molecule is Nc1cc(Cl)c(-c2cc(Cl)c(N)cc2Cl)cc1O. The van der Waals surface area contributed by atoms with Crippen molar-refractivity contribution in [2.75, 3.05) is 11.5 Å². The predicted octanol–water partition coefficient (Wildman–Crippen LogP) is 4.18. The lowest BCUT2D eigenvalue weighted by Gasteiger charge is -2.11. The standard InChI is InChI=1S/C12H9Cl3N2O/c13-7-3-10(16)9(15)1-5(7)6-2-12(18)11(17)4-8(6)14/h1-4,18H,16-17H2. The van der Waals surface area contributed by atoms with E-state index in [2.05, 4.69) is 0 Å². The van der Waals surface area contributed by atoms with Gasteiger partial charge in [0.2, 0.25) is 0 Å². The lowest BCUT2D eigenvalue weighted by atomic mass is 10.0. The predicted molar refractivity (Wildman–Crippen MR) is 77.4 cm³/mol. The fourth-order valence-corrected chi connectivity index (χ4v) is 2.26. The highest BCUT2D eigenvalue weighted by Crippen LogP contribution is 2.40. The van der Waals surface area contributed by atoms with Crippen LogP contribution in [0.2, 0.25) is 15.1 Å². The third kappa shape index (κ3) is 2.29. The maximum Gasteiger partial charge on any atom is 0.139 e. The summed E-state index contributed by atoms with van der Waals surface area (Å²) < 4.78 is 0. The van der Waals surface area contributed by atoms with Crippen molar-refractivity contribution in [2.24, 2.45) is 0 Å². The summed E-state index contributed by atoms with van der Waals surface area (Å²) >= 11 is 18.1. The summed E-state index contributed by atoms with van der Waals surface area (Å²) in [6.07, 6.45) is 0. The Morgan fingerprint density at radius 3 is 1.83 bits per heavy atom. The van der Waals surface area contributed by atoms with Crippen LogP contribution in [0, 0.1) is 0 Å². The molecule has 18 heavy (non-hydrogen) atoms. The molecule has 0 heterocycles. The molecule has 0 aliphatic carbocycles. The molecule has 2 rings (SSSR count). The summed E-state index contributed by atoms with van der Waals surface area (Å²) in [4.78, 5) is 0. The molecule has 0 fully saturated rings. The molecule has 0 unspecified atom stereocenters. The summed E-state index contributed by atoms with van der Waals surface area (Å²) in [5, 5.41) is 10.7. The molecule has 0 saturated carbocycles. The van der Waals surface area contributed by atoms with Gasteiger partial charge in [-0.3, -0.25) is 0 Å². The summed E-state index contributed by atoms with van der Waals surface area (Å²) in [6, 6.07) is 6.01. The number of nitrogens with two attached hydrogens (primary N) is 2. The monoisotopic (exact) mass is 302 g/mol. The minimum absolute atomic E-state index is 0.0709. The van der Waals surface area contributed by atoms with Gasteiger partial charge in [0.1, 0.15) is 5.75 Å². The van der Waals surface area contributed by atoms with Crippen LogP contribution in [0.3, 0.4) is 0 Å². The number of aromatic hydroxyl groups is 1. The Morgan fingerprint density at radius 2 is 1.22 bits per heavy atom. The highest BCUT2D eigenvalue weighted by Gasteiger charge is 2.13. The van der Waals surface area contributed by atoms with Crippen LogP contribution in [0.1, 0.15) is 0 Å². The van der Waals surface area contributed by atoms with Gasteiger partial charge in [-0.05, 0) is 24.3 Å². The zero-order chi connectivity index (χ0) is 13.4. The van der Waals surface area contributed by atoms with E-state index < -0.39 is 0 Å². The van der Waals surface area contributed by atoms with Crippen LogP contribution < -0.4 is 11.5 Å². The van der Waals surface area contributed by atoms with Crippen molar-refractivity contribution in [3.05, 3.63) is 39.3 Å². The van der Waals surface area contributed by atoms with E-state index in [1.165, 1.54) is 18.2 Å². The Bertz CT molecular complexity index is 574. The Morgan fingerprint density at radius 1 is 0.722 bits per heavy atom. The quantitative estimate of drug-likeness (QED) is 0.546. The number of phenols is 1. The van der Waals surface area contributed by atoms with E-state index in [0.717, 1.165) is 0 Å². The van der Waals surface area contributed by atoms with E-state index in [-0.39, 0.29) is 11.4 Å². The zero-order valence-corrected chi connectivity index (χ0v) is 11.3. The zero-order valence-electron chi connectivity index (χ0n) is 9.05. The largest absolute Gasteiger partial charge is 0.506 e. The minimum Gasteiger partial charge on any atom is -0.506 e. The maximum atomic E-state index is 9.62.